The monoisotopic (exact) mass is 429 g/mol. The second kappa shape index (κ2) is 9.69. The average Bonchev–Trinajstić information content (AvgIpc) is 3.16. The molecule has 2 aromatic carbocycles. The highest BCUT2D eigenvalue weighted by atomic mass is 35.5. The largest absolute Gasteiger partial charge is 0.412 e. The molecule has 0 aliphatic rings. The number of nitrogens with zero attached hydrogens (tertiary/aromatic N) is 4. The van der Waals surface area contributed by atoms with Crippen LogP contribution >= 0.6 is 11.6 Å². The molecule has 0 spiro atoms. The van der Waals surface area contributed by atoms with Crippen molar-refractivity contribution in [2.45, 2.75) is 33.2 Å². The SMILES string of the molecule is CCc1nnnn1-c1cc(OC(=O)NC(C)COC)cc(-c2ccc(C)cc2Cl)c1. The zero-order valence-corrected chi connectivity index (χ0v) is 18.1. The molecule has 1 aromatic heterocycles. The summed E-state index contributed by atoms with van der Waals surface area (Å²) in [6.45, 7) is 6.14. The first kappa shape index (κ1) is 21.7. The van der Waals surface area contributed by atoms with Crippen LogP contribution in [0.15, 0.2) is 36.4 Å². The molecule has 0 aliphatic carbocycles. The van der Waals surface area contributed by atoms with E-state index in [0.29, 0.717) is 35.3 Å². The first-order chi connectivity index (χ1) is 14.4. The summed E-state index contributed by atoms with van der Waals surface area (Å²) in [7, 11) is 1.57. The topological polar surface area (TPSA) is 91.2 Å². The Morgan fingerprint density at radius 3 is 2.77 bits per heavy atom. The molecule has 1 amide bonds. The highest BCUT2D eigenvalue weighted by Crippen LogP contribution is 2.33. The van der Waals surface area contributed by atoms with Crippen molar-refractivity contribution < 1.29 is 14.3 Å². The Morgan fingerprint density at radius 2 is 2.07 bits per heavy atom. The number of hydrogen-bond donors (Lipinski definition) is 1. The van der Waals surface area contributed by atoms with Gasteiger partial charge in [0.25, 0.3) is 0 Å². The Bertz CT molecular complexity index is 1040. The lowest BCUT2D eigenvalue weighted by atomic mass is 10.0. The summed E-state index contributed by atoms with van der Waals surface area (Å²) in [5.41, 5.74) is 3.31. The quantitative estimate of drug-likeness (QED) is 0.610. The molecule has 0 saturated heterocycles. The normalized spacial score (nSPS) is 11.9. The number of tetrazole rings is 1. The van der Waals surface area contributed by atoms with E-state index in [1.807, 2.05) is 45.0 Å². The van der Waals surface area contributed by atoms with Crippen molar-refractivity contribution >= 4 is 17.7 Å². The van der Waals surface area contributed by atoms with Crippen LogP contribution in [0.1, 0.15) is 25.2 Å². The van der Waals surface area contributed by atoms with Crippen LogP contribution < -0.4 is 10.1 Å². The van der Waals surface area contributed by atoms with Gasteiger partial charge in [-0.15, -0.1) is 5.10 Å². The molecular formula is C21H24ClN5O3. The van der Waals surface area contributed by atoms with E-state index >= 15 is 0 Å². The number of halogens is 1. The molecule has 1 unspecified atom stereocenters. The summed E-state index contributed by atoms with van der Waals surface area (Å²) in [5, 5.41) is 15.2. The van der Waals surface area contributed by atoms with Crippen LogP contribution in [-0.2, 0) is 11.2 Å². The number of ether oxygens (including phenoxy) is 2. The standard InChI is InChI=1S/C21H24ClN5O3/c1-5-20-24-25-26-27(20)16-9-15(18-7-6-13(2)8-19(18)22)10-17(11-16)30-21(28)23-14(3)12-29-4/h6-11,14H,5,12H2,1-4H3,(H,23,28). The number of amides is 1. The number of carbonyl (C=O) groups excluding carboxylic acids is 1. The number of aromatic nitrogens is 4. The van der Waals surface area contributed by atoms with Gasteiger partial charge in [-0.05, 0) is 53.6 Å². The Morgan fingerprint density at radius 1 is 1.27 bits per heavy atom. The minimum absolute atomic E-state index is 0.192. The molecule has 8 nitrogen and oxygen atoms in total. The number of nitrogens with one attached hydrogen (secondary N) is 1. The highest BCUT2D eigenvalue weighted by Gasteiger charge is 2.15. The van der Waals surface area contributed by atoms with Gasteiger partial charge in [0, 0.05) is 30.2 Å². The van der Waals surface area contributed by atoms with Gasteiger partial charge in [-0.25, -0.2) is 4.79 Å². The van der Waals surface area contributed by atoms with E-state index in [2.05, 4.69) is 20.8 Å². The van der Waals surface area contributed by atoms with Gasteiger partial charge in [0.15, 0.2) is 5.82 Å². The second-order valence-electron chi connectivity index (χ2n) is 6.95. The first-order valence-corrected chi connectivity index (χ1v) is 9.95. The second-order valence-corrected chi connectivity index (χ2v) is 7.36. The summed E-state index contributed by atoms with van der Waals surface area (Å²) in [4.78, 5) is 12.3. The Balaban J connectivity index is 2.01. The van der Waals surface area contributed by atoms with E-state index in [9.17, 15) is 4.79 Å². The van der Waals surface area contributed by atoms with E-state index in [4.69, 9.17) is 21.1 Å². The van der Waals surface area contributed by atoms with Crippen molar-refractivity contribution in [3.63, 3.8) is 0 Å². The predicted octanol–water partition coefficient (Wildman–Crippen LogP) is 3.98. The van der Waals surface area contributed by atoms with Crippen LogP contribution in [0.3, 0.4) is 0 Å². The predicted molar refractivity (Wildman–Crippen MR) is 114 cm³/mol. The minimum atomic E-state index is -0.579. The van der Waals surface area contributed by atoms with Crippen LogP contribution in [0, 0.1) is 6.92 Å². The van der Waals surface area contributed by atoms with Gasteiger partial charge in [-0.3, -0.25) is 0 Å². The van der Waals surface area contributed by atoms with Crippen molar-refractivity contribution in [2.75, 3.05) is 13.7 Å². The van der Waals surface area contributed by atoms with Crippen LogP contribution in [0.5, 0.6) is 5.75 Å². The fourth-order valence-corrected chi connectivity index (χ4v) is 3.37. The average molecular weight is 430 g/mol. The van der Waals surface area contributed by atoms with Crippen LogP contribution in [0.2, 0.25) is 5.02 Å². The lowest BCUT2D eigenvalue weighted by Gasteiger charge is -2.15. The van der Waals surface area contributed by atoms with E-state index in [0.717, 1.165) is 16.7 Å². The summed E-state index contributed by atoms with van der Waals surface area (Å²) >= 11 is 6.48. The van der Waals surface area contributed by atoms with Gasteiger partial charge in [0.2, 0.25) is 0 Å². The van der Waals surface area contributed by atoms with E-state index in [1.165, 1.54) is 0 Å². The van der Waals surface area contributed by atoms with Gasteiger partial charge in [-0.2, -0.15) is 4.68 Å². The van der Waals surface area contributed by atoms with E-state index in [-0.39, 0.29) is 6.04 Å². The molecule has 0 bridgehead atoms. The Kier molecular flexibility index (Phi) is 7.02. The maximum atomic E-state index is 12.3. The molecule has 30 heavy (non-hydrogen) atoms. The third-order valence-electron chi connectivity index (χ3n) is 4.41. The Labute approximate surface area is 180 Å². The number of rotatable bonds is 7. The third kappa shape index (κ3) is 5.14. The molecule has 158 valence electrons. The molecule has 0 saturated carbocycles. The molecule has 9 heteroatoms. The number of carbonyl (C=O) groups is 1. The van der Waals surface area contributed by atoms with Crippen LogP contribution in [0.25, 0.3) is 16.8 Å². The number of hydrogen-bond acceptors (Lipinski definition) is 6. The lowest BCUT2D eigenvalue weighted by Crippen LogP contribution is -2.37. The summed E-state index contributed by atoms with van der Waals surface area (Å²) < 4.78 is 12.2. The molecular weight excluding hydrogens is 406 g/mol. The number of aryl methyl sites for hydroxylation is 2. The lowest BCUT2D eigenvalue weighted by molar-refractivity contribution is 0.159. The number of methoxy groups -OCH3 is 1. The van der Waals surface area contributed by atoms with Gasteiger partial charge in [-0.1, -0.05) is 30.7 Å². The van der Waals surface area contributed by atoms with Crippen molar-refractivity contribution in [3.05, 3.63) is 52.8 Å². The van der Waals surface area contributed by atoms with Crippen molar-refractivity contribution in [2.24, 2.45) is 0 Å². The summed E-state index contributed by atoms with van der Waals surface area (Å²) in [5.74, 6) is 1.03. The van der Waals surface area contributed by atoms with Gasteiger partial charge < -0.3 is 14.8 Å². The van der Waals surface area contributed by atoms with Crippen LogP contribution in [-0.4, -0.2) is 46.1 Å². The van der Waals surface area contributed by atoms with E-state index < -0.39 is 6.09 Å². The third-order valence-corrected chi connectivity index (χ3v) is 4.73. The molecule has 1 N–H and O–H groups in total. The van der Waals surface area contributed by atoms with Crippen molar-refractivity contribution in [3.8, 4) is 22.6 Å². The zero-order chi connectivity index (χ0) is 21.7. The first-order valence-electron chi connectivity index (χ1n) is 9.57. The van der Waals surface area contributed by atoms with Crippen LogP contribution in [0.4, 0.5) is 4.79 Å². The maximum Gasteiger partial charge on any atom is 0.412 e. The molecule has 0 fully saturated rings. The zero-order valence-electron chi connectivity index (χ0n) is 17.3. The molecule has 3 rings (SSSR count). The highest BCUT2D eigenvalue weighted by molar-refractivity contribution is 6.33. The molecule has 0 radical (unpaired) electrons. The van der Waals surface area contributed by atoms with E-state index in [1.54, 1.807) is 23.9 Å². The molecule has 0 aliphatic heterocycles. The van der Waals surface area contributed by atoms with Crippen molar-refractivity contribution in [1.29, 1.82) is 0 Å². The summed E-state index contributed by atoms with van der Waals surface area (Å²) in [6, 6.07) is 11.0. The number of benzene rings is 2. The molecule has 1 heterocycles. The fourth-order valence-electron chi connectivity index (χ4n) is 3.03. The maximum absolute atomic E-state index is 12.3. The van der Waals surface area contributed by atoms with Gasteiger partial charge in [0.05, 0.1) is 18.3 Å². The Hall–Kier alpha value is -2.97. The van der Waals surface area contributed by atoms with Gasteiger partial charge >= 0.3 is 6.09 Å². The van der Waals surface area contributed by atoms with Crippen molar-refractivity contribution in [1.82, 2.24) is 25.5 Å². The smallest absolute Gasteiger partial charge is 0.410 e. The summed E-state index contributed by atoms with van der Waals surface area (Å²) in [6.07, 6.45) is 0.0679. The molecule has 1 atom stereocenters. The molecule has 3 aromatic rings. The fraction of sp³-hybridized carbons (Fsp3) is 0.333. The van der Waals surface area contributed by atoms with Gasteiger partial charge in [0.1, 0.15) is 5.75 Å². The minimum Gasteiger partial charge on any atom is -0.410 e.